The summed E-state index contributed by atoms with van der Waals surface area (Å²) in [4.78, 5) is 15.1. The van der Waals surface area contributed by atoms with Crippen molar-refractivity contribution in [1.29, 1.82) is 0 Å². The van der Waals surface area contributed by atoms with Crippen LogP contribution in [0.5, 0.6) is 0 Å². The molecular weight excluding hydrogens is 192 g/mol. The molecule has 13 heavy (non-hydrogen) atoms. The van der Waals surface area contributed by atoms with E-state index in [1.165, 1.54) is 23.7 Å². The third-order valence-corrected chi connectivity index (χ3v) is 2.23. The Balaban J connectivity index is 2.52. The van der Waals surface area contributed by atoms with Crippen molar-refractivity contribution in [3.63, 3.8) is 0 Å². The monoisotopic (exact) mass is 196 g/mol. The van der Waals surface area contributed by atoms with Gasteiger partial charge < -0.3 is 9.63 Å². The lowest BCUT2D eigenvalue weighted by Gasteiger charge is -1.89. The van der Waals surface area contributed by atoms with E-state index in [1.54, 1.807) is 5.51 Å². The highest BCUT2D eigenvalue weighted by Crippen LogP contribution is 2.26. The van der Waals surface area contributed by atoms with E-state index in [4.69, 9.17) is 9.63 Å². The van der Waals surface area contributed by atoms with Crippen molar-refractivity contribution < 1.29 is 14.4 Å². The second-order valence-electron chi connectivity index (χ2n) is 2.24. The van der Waals surface area contributed by atoms with E-state index in [1.807, 2.05) is 0 Å². The summed E-state index contributed by atoms with van der Waals surface area (Å²) in [7, 11) is 0. The Kier molecular flexibility index (Phi) is 1.82. The first-order valence-electron chi connectivity index (χ1n) is 3.36. The first-order chi connectivity index (χ1) is 6.29. The predicted molar refractivity (Wildman–Crippen MR) is 44.6 cm³/mol. The molecule has 0 aliphatic rings. The number of rotatable bonds is 2. The molecule has 0 saturated heterocycles. The summed E-state index contributed by atoms with van der Waals surface area (Å²) in [5.41, 5.74) is 1.66. The van der Waals surface area contributed by atoms with Gasteiger partial charge >= 0.3 is 5.97 Å². The molecule has 0 saturated carbocycles. The highest BCUT2D eigenvalue weighted by molar-refractivity contribution is 7.13. The lowest BCUT2D eigenvalue weighted by atomic mass is 10.2. The average Bonchev–Trinajstić information content (AvgIpc) is 2.74. The van der Waals surface area contributed by atoms with E-state index >= 15 is 0 Å². The van der Waals surface area contributed by atoms with E-state index in [0.29, 0.717) is 4.88 Å². The van der Waals surface area contributed by atoms with Crippen LogP contribution in [0.2, 0.25) is 0 Å². The molecule has 0 bridgehead atoms. The molecule has 0 atom stereocenters. The quantitative estimate of drug-likeness (QED) is 0.787. The van der Waals surface area contributed by atoms with Crippen LogP contribution in [-0.4, -0.2) is 21.2 Å². The minimum atomic E-state index is -1.05. The number of carbonyl (C=O) groups is 1. The molecule has 0 spiro atoms. The van der Waals surface area contributed by atoms with Crippen LogP contribution >= 0.6 is 11.3 Å². The molecule has 0 aliphatic carbocycles. The van der Waals surface area contributed by atoms with E-state index in [2.05, 4.69) is 10.1 Å². The minimum Gasteiger partial charge on any atom is -0.477 e. The van der Waals surface area contributed by atoms with E-state index in [9.17, 15) is 4.79 Å². The SMILES string of the molecule is O=C(O)c1cnoc1-c1cncs1. The zero-order valence-electron chi connectivity index (χ0n) is 6.30. The van der Waals surface area contributed by atoms with Crippen molar-refractivity contribution in [3.05, 3.63) is 23.5 Å². The Morgan fingerprint density at radius 1 is 1.54 bits per heavy atom. The summed E-state index contributed by atoms with van der Waals surface area (Å²) >= 11 is 1.30. The molecule has 2 rings (SSSR count). The molecule has 2 aromatic rings. The van der Waals surface area contributed by atoms with Crippen LogP contribution in [0, 0.1) is 0 Å². The van der Waals surface area contributed by atoms with Crippen LogP contribution in [0.25, 0.3) is 10.6 Å². The van der Waals surface area contributed by atoms with Gasteiger partial charge in [0.1, 0.15) is 5.56 Å². The molecule has 0 radical (unpaired) electrons. The number of carboxylic acids is 1. The van der Waals surface area contributed by atoms with Crippen LogP contribution in [0.3, 0.4) is 0 Å². The maximum atomic E-state index is 10.7. The molecule has 2 aromatic heterocycles. The number of nitrogens with zero attached hydrogens (tertiary/aromatic N) is 2. The second-order valence-corrected chi connectivity index (χ2v) is 3.13. The Labute approximate surface area is 76.6 Å². The van der Waals surface area contributed by atoms with Crippen LogP contribution < -0.4 is 0 Å². The normalized spacial score (nSPS) is 10.2. The zero-order valence-corrected chi connectivity index (χ0v) is 7.11. The standard InChI is InChI=1S/C7H4N2O3S/c10-7(11)4-1-9-12-6(4)5-2-8-3-13-5/h1-3H,(H,10,11). The molecule has 2 heterocycles. The third-order valence-electron chi connectivity index (χ3n) is 1.46. The molecule has 0 fully saturated rings. The van der Waals surface area contributed by atoms with Crippen LogP contribution in [-0.2, 0) is 0 Å². The number of carboxylic acid groups (broad SMARTS) is 1. The molecule has 0 aromatic carbocycles. The van der Waals surface area contributed by atoms with Gasteiger partial charge in [0, 0.05) is 6.20 Å². The predicted octanol–water partition coefficient (Wildman–Crippen LogP) is 1.50. The van der Waals surface area contributed by atoms with Crippen LogP contribution in [0.15, 0.2) is 22.4 Å². The van der Waals surface area contributed by atoms with Crippen molar-refractivity contribution in [2.75, 3.05) is 0 Å². The summed E-state index contributed by atoms with van der Waals surface area (Å²) in [5, 5.41) is 12.2. The summed E-state index contributed by atoms with van der Waals surface area (Å²) < 4.78 is 4.81. The maximum Gasteiger partial charge on any atom is 0.341 e. The summed E-state index contributed by atoms with van der Waals surface area (Å²) in [6.07, 6.45) is 2.72. The van der Waals surface area contributed by atoms with Gasteiger partial charge in [-0.3, -0.25) is 4.98 Å². The molecule has 66 valence electrons. The molecule has 5 nitrogen and oxygen atoms in total. The van der Waals surface area contributed by atoms with Gasteiger partial charge in [0.05, 0.1) is 16.6 Å². The highest BCUT2D eigenvalue weighted by Gasteiger charge is 2.17. The van der Waals surface area contributed by atoms with Crippen LogP contribution in [0.4, 0.5) is 0 Å². The van der Waals surface area contributed by atoms with Gasteiger partial charge in [-0.2, -0.15) is 0 Å². The van der Waals surface area contributed by atoms with Gasteiger partial charge in [0.2, 0.25) is 0 Å². The van der Waals surface area contributed by atoms with E-state index in [-0.39, 0.29) is 11.3 Å². The highest BCUT2D eigenvalue weighted by atomic mass is 32.1. The van der Waals surface area contributed by atoms with Gasteiger partial charge in [-0.1, -0.05) is 5.16 Å². The molecule has 0 amide bonds. The van der Waals surface area contributed by atoms with Gasteiger partial charge in [-0.05, 0) is 0 Å². The third kappa shape index (κ3) is 1.31. The smallest absolute Gasteiger partial charge is 0.341 e. The fraction of sp³-hybridized carbons (Fsp3) is 0. The lowest BCUT2D eigenvalue weighted by Crippen LogP contribution is -1.94. The van der Waals surface area contributed by atoms with Gasteiger partial charge in [0.25, 0.3) is 0 Å². The Bertz CT molecular complexity index is 421. The number of hydrogen-bond acceptors (Lipinski definition) is 5. The topological polar surface area (TPSA) is 76.2 Å². The first-order valence-corrected chi connectivity index (χ1v) is 4.24. The number of aromatic nitrogens is 2. The van der Waals surface area contributed by atoms with Crippen molar-refractivity contribution in [2.24, 2.45) is 0 Å². The number of aromatic carboxylic acids is 1. The molecule has 1 N–H and O–H groups in total. The Hall–Kier alpha value is -1.69. The maximum absolute atomic E-state index is 10.7. The molecule has 0 aliphatic heterocycles. The summed E-state index contributed by atoms with van der Waals surface area (Å²) in [5.74, 6) is -0.792. The van der Waals surface area contributed by atoms with Gasteiger partial charge in [0.15, 0.2) is 5.76 Å². The Morgan fingerprint density at radius 3 is 3.00 bits per heavy atom. The summed E-state index contributed by atoms with van der Waals surface area (Å²) in [6, 6.07) is 0. The largest absolute Gasteiger partial charge is 0.477 e. The number of thiazole rings is 1. The fourth-order valence-corrected chi connectivity index (χ4v) is 1.51. The minimum absolute atomic E-state index is 0.0595. The molecular formula is C7H4N2O3S. The summed E-state index contributed by atoms with van der Waals surface area (Å²) in [6.45, 7) is 0. The fourth-order valence-electron chi connectivity index (χ4n) is 0.898. The molecule has 6 heteroatoms. The van der Waals surface area contributed by atoms with Crippen molar-refractivity contribution in [2.45, 2.75) is 0 Å². The number of hydrogen-bond donors (Lipinski definition) is 1. The Morgan fingerprint density at radius 2 is 2.38 bits per heavy atom. The van der Waals surface area contributed by atoms with Crippen molar-refractivity contribution in [3.8, 4) is 10.6 Å². The lowest BCUT2D eigenvalue weighted by molar-refractivity contribution is 0.0697. The van der Waals surface area contributed by atoms with Gasteiger partial charge in [-0.15, -0.1) is 11.3 Å². The molecule has 0 unspecified atom stereocenters. The van der Waals surface area contributed by atoms with E-state index in [0.717, 1.165) is 0 Å². The second kappa shape index (κ2) is 2.98. The van der Waals surface area contributed by atoms with E-state index < -0.39 is 5.97 Å². The van der Waals surface area contributed by atoms with Crippen molar-refractivity contribution in [1.82, 2.24) is 10.1 Å². The first kappa shape index (κ1) is 7.93. The van der Waals surface area contributed by atoms with Gasteiger partial charge in [-0.25, -0.2) is 4.79 Å². The average molecular weight is 196 g/mol. The zero-order chi connectivity index (χ0) is 9.26. The van der Waals surface area contributed by atoms with Crippen LogP contribution in [0.1, 0.15) is 10.4 Å². The van der Waals surface area contributed by atoms with Crippen molar-refractivity contribution >= 4 is 17.3 Å².